The Hall–Kier alpha value is -4.20. The zero-order chi connectivity index (χ0) is 28.4. The summed E-state index contributed by atoms with van der Waals surface area (Å²) in [7, 11) is -4.21. The average molecular weight is 568 g/mol. The minimum absolute atomic E-state index is 0.0131. The minimum Gasteiger partial charge on any atom is -0.470 e. The van der Waals surface area contributed by atoms with Crippen LogP contribution in [0.3, 0.4) is 0 Å². The first-order valence-corrected chi connectivity index (χ1v) is 12.5. The second-order valence-electron chi connectivity index (χ2n) is 8.27. The third kappa shape index (κ3) is 6.82. The highest BCUT2D eigenvalue weighted by atomic mass is 32.2. The van der Waals surface area contributed by atoms with Crippen LogP contribution in [0.4, 0.5) is 32.2 Å². The second-order valence-corrected chi connectivity index (χ2v) is 9.95. The van der Waals surface area contributed by atoms with Gasteiger partial charge in [-0.15, -0.1) is 0 Å². The molecule has 0 fully saturated rings. The van der Waals surface area contributed by atoms with Crippen LogP contribution in [0, 0.1) is 6.92 Å². The van der Waals surface area contributed by atoms with Gasteiger partial charge in [0, 0.05) is 23.5 Å². The zero-order valence-electron chi connectivity index (χ0n) is 19.9. The summed E-state index contributed by atoms with van der Waals surface area (Å²) in [6.45, 7) is 1.55. The molecule has 39 heavy (non-hydrogen) atoms. The third-order valence-corrected chi connectivity index (χ3v) is 6.64. The van der Waals surface area contributed by atoms with E-state index in [0.717, 1.165) is 11.8 Å². The lowest BCUT2D eigenvalue weighted by atomic mass is 10.0. The lowest BCUT2D eigenvalue weighted by molar-refractivity contribution is -0.143. The number of aryl methyl sites for hydroxylation is 1. The molecule has 2 heterocycles. The minimum atomic E-state index is -5.08. The zero-order valence-corrected chi connectivity index (χ0v) is 20.7. The van der Waals surface area contributed by atoms with Crippen LogP contribution in [0.25, 0.3) is 11.3 Å². The van der Waals surface area contributed by atoms with E-state index in [4.69, 9.17) is 4.74 Å². The highest BCUT2D eigenvalue weighted by Gasteiger charge is 2.37. The van der Waals surface area contributed by atoms with Crippen molar-refractivity contribution < 1.29 is 39.5 Å². The van der Waals surface area contributed by atoms with Crippen LogP contribution in [0.2, 0.25) is 0 Å². The van der Waals surface area contributed by atoms with Gasteiger partial charge >= 0.3 is 12.4 Å². The monoisotopic (exact) mass is 568 g/mol. The Balaban J connectivity index is 1.79. The van der Waals surface area contributed by atoms with E-state index in [2.05, 4.69) is 19.7 Å². The highest BCUT2D eigenvalue weighted by Crippen LogP contribution is 2.39. The summed E-state index contributed by atoms with van der Waals surface area (Å²) in [5.41, 5.74) is -2.73. The van der Waals surface area contributed by atoms with Crippen molar-refractivity contribution in [2.45, 2.75) is 30.8 Å². The van der Waals surface area contributed by atoms with E-state index in [1.54, 1.807) is 31.2 Å². The quantitative estimate of drug-likeness (QED) is 0.265. The number of hydrogen-bond acceptors (Lipinski definition) is 6. The molecule has 2 aromatic heterocycles. The van der Waals surface area contributed by atoms with Crippen molar-refractivity contribution in [3.63, 3.8) is 0 Å². The molecule has 0 atom stereocenters. The van der Waals surface area contributed by atoms with E-state index in [0.29, 0.717) is 17.7 Å². The number of aromatic nitrogens is 3. The summed E-state index contributed by atoms with van der Waals surface area (Å²) >= 11 is 0. The van der Waals surface area contributed by atoms with Gasteiger partial charge in [-0.1, -0.05) is 23.8 Å². The summed E-state index contributed by atoms with van der Waals surface area (Å²) in [5, 5.41) is 0. The van der Waals surface area contributed by atoms with E-state index < -0.39 is 56.5 Å². The van der Waals surface area contributed by atoms with Gasteiger partial charge in [0.2, 0.25) is 5.82 Å². The molecular weight excluding hydrogens is 550 g/mol. The number of rotatable bonds is 7. The average Bonchev–Trinajstić information content (AvgIpc) is 2.87. The molecule has 4 aromatic rings. The van der Waals surface area contributed by atoms with Crippen LogP contribution in [0.1, 0.15) is 22.3 Å². The van der Waals surface area contributed by atoms with E-state index in [1.807, 2.05) is 0 Å². The number of halogens is 6. The van der Waals surface area contributed by atoms with E-state index in [9.17, 15) is 34.8 Å². The van der Waals surface area contributed by atoms with Crippen LogP contribution < -0.4 is 9.46 Å². The maximum absolute atomic E-state index is 13.4. The van der Waals surface area contributed by atoms with Gasteiger partial charge in [0.05, 0.1) is 27.9 Å². The fraction of sp³-hybridized carbons (Fsp3) is 0.160. The summed E-state index contributed by atoms with van der Waals surface area (Å²) in [5.74, 6) is -0.899. The summed E-state index contributed by atoms with van der Waals surface area (Å²) < 4.78 is 114. The molecule has 0 saturated heterocycles. The van der Waals surface area contributed by atoms with Crippen molar-refractivity contribution in [1.29, 1.82) is 0 Å². The van der Waals surface area contributed by atoms with Crippen molar-refractivity contribution in [2.24, 2.45) is 0 Å². The van der Waals surface area contributed by atoms with E-state index >= 15 is 0 Å². The molecule has 0 aliphatic heterocycles. The van der Waals surface area contributed by atoms with Gasteiger partial charge < -0.3 is 4.74 Å². The Morgan fingerprint density at radius 2 is 1.54 bits per heavy atom. The Morgan fingerprint density at radius 3 is 2.10 bits per heavy atom. The smallest absolute Gasteiger partial charge is 0.416 e. The molecule has 14 heteroatoms. The Kier molecular flexibility index (Phi) is 7.50. The summed E-state index contributed by atoms with van der Waals surface area (Å²) in [4.78, 5) is 11.7. The first-order chi connectivity index (χ1) is 18.2. The van der Waals surface area contributed by atoms with Crippen molar-refractivity contribution >= 4 is 15.8 Å². The molecule has 4 rings (SSSR count). The number of hydrogen-bond donors (Lipinski definition) is 1. The summed E-state index contributed by atoms with van der Waals surface area (Å²) in [6.07, 6.45) is -6.37. The topological polar surface area (TPSA) is 94.1 Å². The number of ether oxygens (including phenoxy) is 1. The number of nitrogens with one attached hydrogen (secondary N) is 1. The van der Waals surface area contributed by atoms with Crippen LogP contribution >= 0.6 is 0 Å². The summed E-state index contributed by atoms with van der Waals surface area (Å²) in [6, 6.07) is 10.0. The van der Waals surface area contributed by atoms with Gasteiger partial charge in [-0.2, -0.15) is 26.3 Å². The Morgan fingerprint density at radius 1 is 0.897 bits per heavy atom. The second kappa shape index (κ2) is 10.5. The molecule has 0 aliphatic rings. The number of nitrogens with zero attached hydrogens (tertiary/aromatic N) is 3. The fourth-order valence-electron chi connectivity index (χ4n) is 3.32. The molecule has 0 bridgehead atoms. The standard InChI is InChI=1S/C25H18F6N4O3S/c1-15-4-6-20(7-5-15)39(36,37)35-22-23(38-14-16-3-2-8-32-12-16)34-21(13-33-22)17-9-18(24(26,27)28)11-19(10-17)25(29,30)31/h2-13H,14H2,1H3,(H,33,35). The number of alkyl halides is 6. The first-order valence-electron chi connectivity index (χ1n) is 11.0. The largest absolute Gasteiger partial charge is 0.470 e. The van der Waals surface area contributed by atoms with Gasteiger partial charge in [0.15, 0.2) is 0 Å². The van der Waals surface area contributed by atoms with Gasteiger partial charge in [0.1, 0.15) is 6.61 Å². The van der Waals surface area contributed by atoms with Crippen LogP contribution in [-0.2, 0) is 29.0 Å². The van der Waals surface area contributed by atoms with E-state index in [1.165, 1.54) is 24.5 Å². The third-order valence-electron chi connectivity index (χ3n) is 5.28. The molecule has 0 aliphatic carbocycles. The molecule has 7 nitrogen and oxygen atoms in total. The number of benzene rings is 2. The molecule has 0 spiro atoms. The molecule has 0 radical (unpaired) electrons. The number of pyridine rings is 1. The van der Waals surface area contributed by atoms with Gasteiger partial charge in [-0.05, 0) is 43.3 Å². The Labute approximate surface area is 218 Å². The predicted octanol–water partition coefficient (Wildman–Crippen LogP) is 6.26. The number of sulfonamides is 1. The lowest BCUT2D eigenvalue weighted by Gasteiger charge is -2.16. The van der Waals surface area contributed by atoms with Gasteiger partial charge in [0.25, 0.3) is 15.9 Å². The van der Waals surface area contributed by atoms with Crippen molar-refractivity contribution in [3.8, 4) is 17.1 Å². The van der Waals surface area contributed by atoms with Crippen LogP contribution in [0.15, 0.2) is 78.1 Å². The fourth-order valence-corrected chi connectivity index (χ4v) is 4.33. The Bertz CT molecular complexity index is 1540. The van der Waals surface area contributed by atoms with Crippen LogP contribution in [-0.4, -0.2) is 23.4 Å². The molecule has 0 unspecified atom stereocenters. The maximum atomic E-state index is 13.4. The molecule has 0 saturated carbocycles. The normalized spacial score (nSPS) is 12.3. The maximum Gasteiger partial charge on any atom is 0.416 e. The van der Waals surface area contributed by atoms with Crippen molar-refractivity contribution in [3.05, 3.63) is 95.4 Å². The van der Waals surface area contributed by atoms with Crippen molar-refractivity contribution in [2.75, 3.05) is 4.72 Å². The lowest BCUT2D eigenvalue weighted by Crippen LogP contribution is -2.16. The van der Waals surface area contributed by atoms with Gasteiger partial charge in [-0.25, -0.2) is 18.4 Å². The first kappa shape index (κ1) is 27.8. The molecular formula is C25H18F6N4O3S. The number of anilines is 1. The van der Waals surface area contributed by atoms with E-state index in [-0.39, 0.29) is 17.6 Å². The SMILES string of the molecule is Cc1ccc(S(=O)(=O)Nc2ncc(-c3cc(C(F)(F)F)cc(C(F)(F)F)c3)nc2OCc2cccnc2)cc1. The molecule has 0 amide bonds. The van der Waals surface area contributed by atoms with Crippen LogP contribution in [0.5, 0.6) is 5.88 Å². The van der Waals surface area contributed by atoms with Gasteiger partial charge in [-0.3, -0.25) is 9.71 Å². The highest BCUT2D eigenvalue weighted by molar-refractivity contribution is 7.92. The molecule has 1 N–H and O–H groups in total. The molecule has 204 valence electrons. The molecule has 2 aromatic carbocycles. The predicted molar refractivity (Wildman–Crippen MR) is 128 cm³/mol. The van der Waals surface area contributed by atoms with Crippen molar-refractivity contribution in [1.82, 2.24) is 15.0 Å².